The van der Waals surface area contributed by atoms with Crippen molar-refractivity contribution in [2.75, 3.05) is 12.4 Å². The highest BCUT2D eigenvalue weighted by molar-refractivity contribution is 9.10. The summed E-state index contributed by atoms with van der Waals surface area (Å²) in [5, 5.41) is 16.3. The van der Waals surface area contributed by atoms with Gasteiger partial charge in [0.15, 0.2) is 11.5 Å². The molecule has 2 aliphatic rings. The van der Waals surface area contributed by atoms with Crippen molar-refractivity contribution in [2.45, 2.75) is 25.0 Å². The Bertz CT molecular complexity index is 1350. The first-order chi connectivity index (χ1) is 16.9. The monoisotopic (exact) mass is 574 g/mol. The van der Waals surface area contributed by atoms with Gasteiger partial charge >= 0.3 is 0 Å². The maximum Gasteiger partial charge on any atom is 0.275 e. The lowest BCUT2D eigenvalue weighted by Crippen LogP contribution is -2.30. The van der Waals surface area contributed by atoms with Gasteiger partial charge in [0.05, 0.1) is 38.8 Å². The first-order valence-corrected chi connectivity index (χ1v) is 12.6. The standard InChI is InChI=1S/C26H21BrCl2N2O4/c1-34-22-12-15(11-18(27)26(22)35-13-14-5-2-3-8-19(14)28)24-17-7-4-6-16(17)23-21(31(32)33)10-9-20(29)25(23)30-24/h2-6,8-12,16-17,24,30H,7,13H2,1H3/t16-,17+,24+/m1/s1. The maximum atomic E-state index is 11.7. The number of hydrogen-bond acceptors (Lipinski definition) is 5. The molecule has 0 amide bonds. The van der Waals surface area contributed by atoms with E-state index in [1.807, 2.05) is 42.5 Å². The van der Waals surface area contributed by atoms with E-state index >= 15 is 0 Å². The first kappa shape index (κ1) is 24.0. The summed E-state index contributed by atoms with van der Waals surface area (Å²) in [4.78, 5) is 11.4. The molecular formula is C26H21BrCl2N2O4. The van der Waals surface area contributed by atoms with Crippen LogP contribution in [0.25, 0.3) is 0 Å². The van der Waals surface area contributed by atoms with Crippen LogP contribution in [-0.4, -0.2) is 12.0 Å². The molecule has 0 radical (unpaired) electrons. The van der Waals surface area contributed by atoms with Crippen LogP contribution in [0, 0.1) is 16.0 Å². The summed E-state index contributed by atoms with van der Waals surface area (Å²) in [7, 11) is 1.59. The van der Waals surface area contributed by atoms with Crippen LogP contribution >= 0.6 is 39.1 Å². The van der Waals surface area contributed by atoms with Gasteiger partial charge in [0.25, 0.3) is 5.69 Å². The van der Waals surface area contributed by atoms with Gasteiger partial charge in [-0.15, -0.1) is 0 Å². The summed E-state index contributed by atoms with van der Waals surface area (Å²) < 4.78 is 12.5. The smallest absolute Gasteiger partial charge is 0.275 e. The van der Waals surface area contributed by atoms with Crippen molar-refractivity contribution < 1.29 is 14.4 Å². The first-order valence-electron chi connectivity index (χ1n) is 11.0. The number of halogens is 3. The Labute approximate surface area is 221 Å². The molecule has 1 aliphatic heterocycles. The van der Waals surface area contributed by atoms with E-state index in [0.717, 1.165) is 22.0 Å². The molecule has 0 unspecified atom stereocenters. The zero-order chi connectivity index (χ0) is 24.7. The minimum absolute atomic E-state index is 0.0824. The van der Waals surface area contributed by atoms with Crippen LogP contribution in [0.15, 0.2) is 65.2 Å². The van der Waals surface area contributed by atoms with Crippen LogP contribution in [0.4, 0.5) is 11.4 Å². The molecule has 0 spiro atoms. The molecule has 0 aromatic heterocycles. The summed E-state index contributed by atoms with van der Waals surface area (Å²) >= 11 is 16.4. The largest absolute Gasteiger partial charge is 0.493 e. The van der Waals surface area contributed by atoms with E-state index < -0.39 is 0 Å². The summed E-state index contributed by atoms with van der Waals surface area (Å²) in [5.74, 6) is 1.12. The van der Waals surface area contributed by atoms with Crippen LogP contribution in [0.5, 0.6) is 11.5 Å². The van der Waals surface area contributed by atoms with Gasteiger partial charge in [0, 0.05) is 22.6 Å². The predicted molar refractivity (Wildman–Crippen MR) is 141 cm³/mol. The molecular weight excluding hydrogens is 555 g/mol. The SMILES string of the molecule is COc1cc([C@@H]2Nc3c(Cl)ccc([N+](=O)[O-])c3[C@@H]3C=CC[C@@H]32)cc(Br)c1OCc1ccccc1Cl. The third kappa shape index (κ3) is 4.37. The number of nitrogens with one attached hydrogen (secondary N) is 1. The van der Waals surface area contributed by atoms with Gasteiger partial charge in [-0.25, -0.2) is 0 Å². The lowest BCUT2D eigenvalue weighted by Gasteiger charge is -2.37. The number of methoxy groups -OCH3 is 1. The Morgan fingerprint density at radius 3 is 2.71 bits per heavy atom. The van der Waals surface area contributed by atoms with Crippen molar-refractivity contribution in [3.8, 4) is 11.5 Å². The van der Waals surface area contributed by atoms with Crippen LogP contribution in [-0.2, 0) is 6.61 Å². The Kier molecular flexibility index (Phi) is 6.66. The molecule has 1 aliphatic carbocycles. The van der Waals surface area contributed by atoms with Gasteiger partial charge in [0.2, 0.25) is 0 Å². The molecule has 0 saturated carbocycles. The van der Waals surface area contributed by atoms with Gasteiger partial charge in [0.1, 0.15) is 6.61 Å². The molecule has 0 saturated heterocycles. The van der Waals surface area contributed by atoms with Crippen molar-refractivity contribution in [2.24, 2.45) is 5.92 Å². The number of benzene rings is 3. The average molecular weight is 576 g/mol. The highest BCUT2D eigenvalue weighted by Gasteiger charge is 2.42. The molecule has 1 N–H and O–H groups in total. The number of rotatable bonds is 6. The van der Waals surface area contributed by atoms with Crippen molar-refractivity contribution >= 4 is 50.5 Å². The Morgan fingerprint density at radius 2 is 1.97 bits per heavy atom. The number of hydrogen-bond donors (Lipinski definition) is 1. The normalized spacial score (nSPS) is 20.1. The molecule has 3 aromatic rings. The predicted octanol–water partition coefficient (Wildman–Crippen LogP) is 8.08. The van der Waals surface area contributed by atoms with Crippen LogP contribution < -0.4 is 14.8 Å². The Balaban J connectivity index is 1.51. The molecule has 3 aromatic carbocycles. The molecule has 3 atom stereocenters. The molecule has 35 heavy (non-hydrogen) atoms. The van der Waals surface area contributed by atoms with E-state index in [9.17, 15) is 10.1 Å². The average Bonchev–Trinajstić information content (AvgIpc) is 3.33. The quantitative estimate of drug-likeness (QED) is 0.183. The van der Waals surface area contributed by atoms with Gasteiger partial charge in [-0.1, -0.05) is 53.6 Å². The number of fused-ring (bicyclic) bond motifs is 3. The zero-order valence-electron chi connectivity index (χ0n) is 18.6. The molecule has 5 rings (SSSR count). The second-order valence-electron chi connectivity index (χ2n) is 8.50. The van der Waals surface area contributed by atoms with Crippen LogP contribution in [0.2, 0.25) is 10.0 Å². The van der Waals surface area contributed by atoms with Crippen molar-refractivity contribution in [1.82, 2.24) is 0 Å². The van der Waals surface area contributed by atoms with E-state index in [1.165, 1.54) is 6.07 Å². The van der Waals surface area contributed by atoms with Gasteiger partial charge in [-0.05, 0) is 58.1 Å². The minimum atomic E-state index is -0.342. The number of ether oxygens (including phenoxy) is 2. The highest BCUT2D eigenvalue weighted by atomic mass is 79.9. The number of nitro benzene ring substituents is 1. The Morgan fingerprint density at radius 1 is 1.17 bits per heavy atom. The molecule has 0 bridgehead atoms. The van der Waals surface area contributed by atoms with Crippen molar-refractivity contribution in [3.05, 3.63) is 102 Å². The lowest BCUT2D eigenvalue weighted by molar-refractivity contribution is -0.385. The van der Waals surface area contributed by atoms with Crippen LogP contribution in [0.3, 0.4) is 0 Å². The molecule has 180 valence electrons. The molecule has 9 heteroatoms. The van der Waals surface area contributed by atoms with Gasteiger partial charge < -0.3 is 14.8 Å². The summed E-state index contributed by atoms with van der Waals surface area (Å²) in [5.41, 5.74) is 3.16. The van der Waals surface area contributed by atoms with E-state index in [4.69, 9.17) is 32.7 Å². The molecule has 6 nitrogen and oxygen atoms in total. The number of nitro groups is 1. The number of allylic oxidation sites excluding steroid dienone is 2. The van der Waals surface area contributed by atoms with E-state index in [-0.39, 0.29) is 35.1 Å². The van der Waals surface area contributed by atoms with E-state index in [2.05, 4.69) is 27.3 Å². The fourth-order valence-electron chi connectivity index (χ4n) is 4.97. The second kappa shape index (κ2) is 9.72. The lowest BCUT2D eigenvalue weighted by atomic mass is 9.76. The molecule has 0 fully saturated rings. The van der Waals surface area contributed by atoms with Crippen molar-refractivity contribution in [1.29, 1.82) is 0 Å². The van der Waals surface area contributed by atoms with E-state index in [1.54, 1.807) is 13.2 Å². The zero-order valence-corrected chi connectivity index (χ0v) is 21.7. The second-order valence-corrected chi connectivity index (χ2v) is 10.2. The highest BCUT2D eigenvalue weighted by Crippen LogP contribution is 2.55. The maximum absolute atomic E-state index is 11.7. The number of nitrogens with zero attached hydrogens (tertiary/aromatic N) is 1. The summed E-state index contributed by atoms with van der Waals surface area (Å²) in [6, 6.07) is 14.4. The van der Waals surface area contributed by atoms with Gasteiger partial charge in [-0.2, -0.15) is 0 Å². The Hall–Kier alpha value is -2.74. The summed E-state index contributed by atoms with van der Waals surface area (Å²) in [6.07, 6.45) is 4.92. The fraction of sp³-hybridized carbons (Fsp3) is 0.231. The minimum Gasteiger partial charge on any atom is -0.493 e. The third-order valence-electron chi connectivity index (χ3n) is 6.58. The molecule has 1 heterocycles. The van der Waals surface area contributed by atoms with Gasteiger partial charge in [-0.3, -0.25) is 10.1 Å². The van der Waals surface area contributed by atoms with Crippen molar-refractivity contribution in [3.63, 3.8) is 0 Å². The van der Waals surface area contributed by atoms with E-state index in [0.29, 0.717) is 32.8 Å². The van der Waals surface area contributed by atoms with Crippen LogP contribution in [0.1, 0.15) is 35.1 Å². The fourth-order valence-corrected chi connectivity index (χ4v) is 5.95. The third-order valence-corrected chi connectivity index (χ3v) is 7.86. The summed E-state index contributed by atoms with van der Waals surface area (Å²) in [6.45, 7) is 0.289. The topological polar surface area (TPSA) is 73.6 Å². The number of anilines is 1.